The van der Waals surface area contributed by atoms with Gasteiger partial charge in [-0.3, -0.25) is 14.6 Å². The van der Waals surface area contributed by atoms with Crippen molar-refractivity contribution in [1.29, 1.82) is 0 Å². The molecular formula is C26H37N3O2. The van der Waals surface area contributed by atoms with Crippen LogP contribution < -0.4 is 5.32 Å². The number of benzene rings is 1. The summed E-state index contributed by atoms with van der Waals surface area (Å²) in [7, 11) is 0. The zero-order chi connectivity index (χ0) is 21.5. The van der Waals surface area contributed by atoms with Crippen molar-refractivity contribution in [2.45, 2.75) is 58.0 Å². The summed E-state index contributed by atoms with van der Waals surface area (Å²) >= 11 is 0. The Morgan fingerprint density at radius 1 is 1.10 bits per heavy atom. The molecule has 2 aromatic rings. The van der Waals surface area contributed by atoms with Gasteiger partial charge in [-0.1, -0.05) is 31.2 Å². The second-order valence-electron chi connectivity index (χ2n) is 9.12. The molecule has 3 heterocycles. The Balaban J connectivity index is 1.17. The third-order valence-corrected chi connectivity index (χ3v) is 7.12. The fourth-order valence-electron chi connectivity index (χ4n) is 5.20. The summed E-state index contributed by atoms with van der Waals surface area (Å²) in [5.74, 6) is 1.84. The highest BCUT2D eigenvalue weighted by Crippen LogP contribution is 2.28. The van der Waals surface area contributed by atoms with Gasteiger partial charge in [0.25, 0.3) is 0 Å². The van der Waals surface area contributed by atoms with Gasteiger partial charge in [-0.15, -0.1) is 0 Å². The van der Waals surface area contributed by atoms with E-state index in [1.165, 1.54) is 43.4 Å². The molecule has 1 amide bonds. The van der Waals surface area contributed by atoms with Gasteiger partial charge in [-0.25, -0.2) is 0 Å². The average molecular weight is 424 g/mol. The Labute approximate surface area is 186 Å². The second-order valence-corrected chi connectivity index (χ2v) is 9.12. The first-order valence-corrected chi connectivity index (χ1v) is 12.1. The normalized spacial score (nSPS) is 20.9. The third kappa shape index (κ3) is 5.98. The summed E-state index contributed by atoms with van der Waals surface area (Å²) in [6.07, 6.45) is 8.27. The van der Waals surface area contributed by atoms with E-state index >= 15 is 0 Å². The van der Waals surface area contributed by atoms with Crippen LogP contribution >= 0.6 is 0 Å². The van der Waals surface area contributed by atoms with E-state index in [9.17, 15) is 4.79 Å². The van der Waals surface area contributed by atoms with Gasteiger partial charge in [0.2, 0.25) is 5.91 Å². The summed E-state index contributed by atoms with van der Waals surface area (Å²) in [6.45, 7) is 8.47. The lowest BCUT2D eigenvalue weighted by molar-refractivity contribution is -0.121. The number of furan rings is 1. The van der Waals surface area contributed by atoms with Crippen LogP contribution in [0.5, 0.6) is 0 Å². The first-order chi connectivity index (χ1) is 15.2. The molecule has 5 heteroatoms. The van der Waals surface area contributed by atoms with E-state index in [4.69, 9.17) is 4.42 Å². The summed E-state index contributed by atoms with van der Waals surface area (Å²) in [4.78, 5) is 17.4. The summed E-state index contributed by atoms with van der Waals surface area (Å²) in [6, 6.07) is 13.1. The summed E-state index contributed by atoms with van der Waals surface area (Å²) in [5, 5.41) is 3.19. The molecule has 1 aromatic heterocycles. The number of carbonyl (C=O) groups excluding carboxylic acids is 1. The molecule has 168 valence electrons. The molecule has 0 spiro atoms. The number of hydrogen-bond donors (Lipinski definition) is 1. The van der Waals surface area contributed by atoms with Crippen LogP contribution in [0.1, 0.15) is 51.0 Å². The standard InChI is InChI=1S/C26H37N3O2/c1-2-29-15-5-8-23(29)19-27-26(30)12-11-21-13-16-28(17-14-21)20-22-7-3-4-9-24(22)25-10-6-18-31-25/h3-4,6-7,9-10,18,21,23H,2,5,8,11-17,19-20H2,1H3,(H,27,30)/t23-/m0/s1. The van der Waals surface area contributed by atoms with Crippen molar-refractivity contribution in [2.75, 3.05) is 32.7 Å². The van der Waals surface area contributed by atoms with E-state index in [-0.39, 0.29) is 5.91 Å². The van der Waals surface area contributed by atoms with Gasteiger partial charge in [0.1, 0.15) is 5.76 Å². The Morgan fingerprint density at radius 3 is 2.71 bits per heavy atom. The lowest BCUT2D eigenvalue weighted by Gasteiger charge is -2.32. The van der Waals surface area contributed by atoms with Gasteiger partial charge in [0.05, 0.1) is 6.26 Å². The molecule has 2 aliphatic heterocycles. The number of carbonyl (C=O) groups is 1. The van der Waals surface area contributed by atoms with Gasteiger partial charge >= 0.3 is 0 Å². The number of rotatable bonds is 9. The molecule has 2 aliphatic rings. The molecule has 2 saturated heterocycles. The molecule has 1 N–H and O–H groups in total. The van der Waals surface area contributed by atoms with Crippen LogP contribution in [0.4, 0.5) is 0 Å². The SMILES string of the molecule is CCN1CCC[C@H]1CNC(=O)CCC1CCN(Cc2ccccc2-c2ccco2)CC1. The summed E-state index contributed by atoms with van der Waals surface area (Å²) in [5.41, 5.74) is 2.51. The maximum absolute atomic E-state index is 12.3. The van der Waals surface area contributed by atoms with Crippen LogP contribution in [0.3, 0.4) is 0 Å². The van der Waals surface area contributed by atoms with Crippen molar-refractivity contribution in [3.63, 3.8) is 0 Å². The van der Waals surface area contributed by atoms with Crippen LogP contribution in [0.15, 0.2) is 47.1 Å². The molecule has 5 nitrogen and oxygen atoms in total. The average Bonchev–Trinajstić information content (AvgIpc) is 3.49. The molecule has 0 aliphatic carbocycles. The predicted molar refractivity (Wildman–Crippen MR) is 125 cm³/mol. The third-order valence-electron chi connectivity index (χ3n) is 7.12. The quantitative estimate of drug-likeness (QED) is 0.643. The number of amides is 1. The fourth-order valence-corrected chi connectivity index (χ4v) is 5.20. The van der Waals surface area contributed by atoms with E-state index in [0.29, 0.717) is 18.4 Å². The van der Waals surface area contributed by atoms with Crippen molar-refractivity contribution in [1.82, 2.24) is 15.1 Å². The molecule has 0 saturated carbocycles. The van der Waals surface area contributed by atoms with Gasteiger partial charge in [0, 0.05) is 31.1 Å². The maximum Gasteiger partial charge on any atom is 0.220 e. The van der Waals surface area contributed by atoms with Gasteiger partial charge < -0.3 is 9.73 Å². The number of likely N-dealkylation sites (tertiary alicyclic amines) is 2. The Morgan fingerprint density at radius 2 is 1.94 bits per heavy atom. The lowest BCUT2D eigenvalue weighted by atomic mass is 9.91. The molecule has 2 fully saturated rings. The lowest BCUT2D eigenvalue weighted by Crippen LogP contribution is -2.40. The molecule has 1 aromatic carbocycles. The maximum atomic E-state index is 12.3. The number of piperidine rings is 1. The molecule has 0 unspecified atom stereocenters. The highest BCUT2D eigenvalue weighted by molar-refractivity contribution is 5.75. The van der Waals surface area contributed by atoms with E-state index in [2.05, 4.69) is 46.3 Å². The van der Waals surface area contributed by atoms with Crippen molar-refractivity contribution >= 4 is 5.91 Å². The van der Waals surface area contributed by atoms with Gasteiger partial charge in [0.15, 0.2) is 0 Å². The van der Waals surface area contributed by atoms with Crippen LogP contribution in [0.2, 0.25) is 0 Å². The first kappa shape index (κ1) is 22.1. The minimum absolute atomic E-state index is 0.234. The zero-order valence-corrected chi connectivity index (χ0v) is 18.9. The monoisotopic (exact) mass is 423 g/mol. The smallest absolute Gasteiger partial charge is 0.220 e. The number of nitrogens with zero attached hydrogens (tertiary/aromatic N) is 2. The fraction of sp³-hybridized carbons (Fsp3) is 0.577. The Hall–Kier alpha value is -2.11. The largest absolute Gasteiger partial charge is 0.464 e. The van der Waals surface area contributed by atoms with Crippen molar-refractivity contribution in [3.05, 3.63) is 48.2 Å². The van der Waals surface area contributed by atoms with Gasteiger partial charge in [-0.2, -0.15) is 0 Å². The molecule has 31 heavy (non-hydrogen) atoms. The molecule has 0 radical (unpaired) electrons. The Bertz CT molecular complexity index is 812. The zero-order valence-electron chi connectivity index (χ0n) is 18.9. The molecular weight excluding hydrogens is 386 g/mol. The van der Waals surface area contributed by atoms with E-state index in [1.807, 2.05) is 12.1 Å². The molecule has 4 rings (SSSR count). The topological polar surface area (TPSA) is 48.7 Å². The minimum Gasteiger partial charge on any atom is -0.464 e. The molecule has 0 bridgehead atoms. The van der Waals surface area contributed by atoms with Crippen LogP contribution in [-0.4, -0.2) is 54.5 Å². The van der Waals surface area contributed by atoms with Crippen LogP contribution in [0.25, 0.3) is 11.3 Å². The van der Waals surface area contributed by atoms with Crippen LogP contribution in [-0.2, 0) is 11.3 Å². The highest BCUT2D eigenvalue weighted by atomic mass is 16.3. The highest BCUT2D eigenvalue weighted by Gasteiger charge is 2.24. The first-order valence-electron chi connectivity index (χ1n) is 12.1. The number of hydrogen-bond acceptors (Lipinski definition) is 4. The van der Waals surface area contributed by atoms with Crippen molar-refractivity contribution < 1.29 is 9.21 Å². The Kier molecular flexibility index (Phi) is 7.81. The van der Waals surface area contributed by atoms with E-state index < -0.39 is 0 Å². The number of nitrogens with one attached hydrogen (secondary N) is 1. The minimum atomic E-state index is 0.234. The van der Waals surface area contributed by atoms with E-state index in [1.54, 1.807) is 6.26 Å². The number of likely N-dealkylation sites (N-methyl/N-ethyl adjacent to an activating group) is 1. The van der Waals surface area contributed by atoms with Crippen LogP contribution in [0, 0.1) is 5.92 Å². The van der Waals surface area contributed by atoms with Gasteiger partial charge in [-0.05, 0) is 81.9 Å². The summed E-state index contributed by atoms with van der Waals surface area (Å²) < 4.78 is 5.63. The van der Waals surface area contributed by atoms with Crippen molar-refractivity contribution in [2.24, 2.45) is 5.92 Å². The van der Waals surface area contributed by atoms with E-state index in [0.717, 1.165) is 44.9 Å². The molecule has 1 atom stereocenters. The predicted octanol–water partition coefficient (Wildman–Crippen LogP) is 4.54. The second kappa shape index (κ2) is 11.0. The van der Waals surface area contributed by atoms with Crippen molar-refractivity contribution in [3.8, 4) is 11.3 Å².